The third-order valence-corrected chi connectivity index (χ3v) is 21.2. The molecule has 5 aliphatic heterocycles. The second-order valence-corrected chi connectivity index (χ2v) is 30.3. The van der Waals surface area contributed by atoms with Crippen LogP contribution in [-0.2, 0) is 19.5 Å². The van der Waals surface area contributed by atoms with E-state index in [2.05, 4.69) is 214 Å². The van der Waals surface area contributed by atoms with Gasteiger partial charge < -0.3 is 147 Å². The van der Waals surface area contributed by atoms with Crippen molar-refractivity contribution >= 4 is 22.7 Å². The molecule has 9 aliphatic rings. The van der Waals surface area contributed by atoms with Gasteiger partial charge >= 0.3 is 19.5 Å². The normalized spacial score (nSPS) is 35.6. The maximum atomic E-state index is 7.34. The van der Waals surface area contributed by atoms with Crippen molar-refractivity contribution in [1.29, 1.82) is 0 Å². The molecule has 4 aromatic carbocycles. The second-order valence-electron chi connectivity index (χ2n) is 30.3. The Hall–Kier alpha value is -0.857. The Morgan fingerprint density at radius 1 is 0.315 bits per heavy atom. The van der Waals surface area contributed by atoms with Crippen LogP contribution in [0.5, 0.6) is 23.0 Å². The van der Waals surface area contributed by atoms with Crippen LogP contribution in [0.4, 0.5) is 22.7 Å². The van der Waals surface area contributed by atoms with Crippen molar-refractivity contribution in [2.24, 2.45) is 47.3 Å². The van der Waals surface area contributed by atoms with Crippen LogP contribution in [0.3, 0.4) is 0 Å². The summed E-state index contributed by atoms with van der Waals surface area (Å²) in [7, 11) is 26.8. The molecule has 5 saturated heterocycles. The Labute approximate surface area is 614 Å². The van der Waals surface area contributed by atoms with Crippen LogP contribution in [0.2, 0.25) is 0 Å². The minimum Gasteiger partial charge on any atom is -1.00 e. The minimum atomic E-state index is -0.147. The Balaban J connectivity index is 0.00000205. The molecule has 0 radical (unpaired) electrons. The van der Waals surface area contributed by atoms with Crippen LogP contribution in [0.25, 0.3) is 10.6 Å². The Bertz CT molecular complexity index is 2580. The predicted octanol–water partition coefficient (Wildman–Crippen LogP) is -2.80. The van der Waals surface area contributed by atoms with Gasteiger partial charge in [0.15, 0.2) is 0 Å². The van der Waals surface area contributed by atoms with Crippen LogP contribution in [0.1, 0.15) is 77.0 Å². The van der Waals surface area contributed by atoms with Gasteiger partial charge in [-0.2, -0.15) is 0 Å². The van der Waals surface area contributed by atoms with E-state index in [1.54, 1.807) is 0 Å². The first kappa shape index (κ1) is 73.9. The van der Waals surface area contributed by atoms with Gasteiger partial charge in [-0.3, -0.25) is 28.6 Å². The van der Waals surface area contributed by atoms with Gasteiger partial charge in [0, 0.05) is 36.1 Å². The van der Waals surface area contributed by atoms with Gasteiger partial charge in [-0.25, -0.2) is 0 Å². The zero-order valence-corrected chi connectivity index (χ0v) is 66.4. The van der Waals surface area contributed by atoms with Crippen molar-refractivity contribution in [3.05, 3.63) is 108 Å². The molecule has 16 nitrogen and oxygen atoms in total. The van der Waals surface area contributed by atoms with Gasteiger partial charge in [-0.15, -0.1) is 0 Å². The van der Waals surface area contributed by atoms with Crippen molar-refractivity contribution in [3.8, 4) is 23.0 Å². The van der Waals surface area contributed by atoms with Crippen LogP contribution >= 0.6 is 0 Å². The van der Waals surface area contributed by atoms with Crippen LogP contribution in [0, 0.1) is 47.3 Å². The van der Waals surface area contributed by atoms with E-state index in [0.29, 0.717) is 11.8 Å². The topological polar surface area (TPSA) is 137 Å². The predicted molar refractivity (Wildman–Crippen MR) is 341 cm³/mol. The number of benzene rings is 4. The van der Waals surface area contributed by atoms with E-state index in [0.717, 1.165) is 118 Å². The van der Waals surface area contributed by atoms with Gasteiger partial charge in [-0.05, 0) is 148 Å². The third kappa shape index (κ3) is 15.9. The monoisotopic (exact) mass is 1720 g/mol. The summed E-state index contributed by atoms with van der Waals surface area (Å²) in [6.45, 7) is 0. The number of rotatable bonds is 12. The maximum absolute atomic E-state index is 7.34. The van der Waals surface area contributed by atoms with Crippen LogP contribution in [0.15, 0.2) is 97.1 Å². The molecule has 4 saturated carbocycles. The minimum absolute atomic E-state index is 0. The number of hydrogen-bond acceptors (Lipinski definition) is 10. The molecule has 20 unspecified atom stereocenters. The first-order valence-electron chi connectivity index (χ1n) is 32.4. The smallest absolute Gasteiger partial charge is 1.00 e. The van der Waals surface area contributed by atoms with Crippen molar-refractivity contribution in [1.82, 2.24) is 49.8 Å². The number of nitrogens with zero attached hydrogens (tertiary/aromatic N) is 6. The van der Waals surface area contributed by atoms with Crippen LogP contribution in [-0.4, -0.2) is 158 Å². The van der Waals surface area contributed by atoms with E-state index in [1.807, 2.05) is 0 Å². The molecule has 89 heavy (non-hydrogen) atoms. The summed E-state index contributed by atoms with van der Waals surface area (Å²) in [5.41, 5.74) is 4.92. The first-order chi connectivity index (χ1) is 40.1. The molecule has 21 heteroatoms. The fraction of sp³-hybridized carbons (Fsp3) is 0.647. The Morgan fingerprint density at radius 3 is 0.854 bits per heavy atom. The molecule has 13 rings (SSSR count). The summed E-state index contributed by atoms with van der Waals surface area (Å²) >= 11 is 0. The van der Waals surface area contributed by atoms with Crippen molar-refractivity contribution in [3.63, 3.8) is 0 Å². The molecule has 4 aliphatic carbocycles. The zero-order chi connectivity index (χ0) is 58.5. The number of nitrogens with one attached hydrogen (secondary N) is 6. The Morgan fingerprint density at radius 2 is 0.573 bits per heavy atom. The summed E-state index contributed by atoms with van der Waals surface area (Å²) in [6, 6.07) is 35.2. The SMILES string of the molecule is C[N+](C)(C)c1cccc(OC2CCCC3C4[N-]C(NC5NC(NC6[N-]C(NC7NC(N4)C4C(Oc8cccc([N+](C)(C)C)c8)CCCC74)C4C(Oc7cccc([N+](C)(C)C)c7)CCCC64)C4C(Oc6cccc([N+](C)(C)C)c6)CCCC54)C23)c1.[I-].[I-].[I-].[I-].[Zn+2]. The summed E-state index contributed by atoms with van der Waals surface area (Å²) in [5.74, 6) is 5.55. The molecule has 6 N–H and O–H groups in total. The first-order valence-corrected chi connectivity index (χ1v) is 32.4. The maximum Gasteiger partial charge on any atom is 2.00 e. The number of hydrogen-bond donors (Lipinski definition) is 6. The molecule has 0 spiro atoms. The molecule has 4 aromatic rings. The van der Waals surface area contributed by atoms with E-state index in [9.17, 15) is 0 Å². The molecule has 488 valence electrons. The van der Waals surface area contributed by atoms with Gasteiger partial charge in [0.05, 0.1) is 109 Å². The van der Waals surface area contributed by atoms with E-state index in [1.165, 1.54) is 22.7 Å². The largest absolute Gasteiger partial charge is 2.00 e. The fourth-order valence-corrected chi connectivity index (χ4v) is 17.0. The summed E-state index contributed by atoms with van der Waals surface area (Å²) in [4.78, 5) is 0. The van der Waals surface area contributed by atoms with E-state index in [4.69, 9.17) is 29.6 Å². The van der Waals surface area contributed by atoms with Crippen molar-refractivity contribution in [2.75, 3.05) is 84.6 Å². The molecule has 20 atom stereocenters. The number of quaternary nitrogens is 4. The third-order valence-electron chi connectivity index (χ3n) is 21.2. The van der Waals surface area contributed by atoms with Crippen molar-refractivity contribution < 1.29 is 134 Å². The average molecular weight is 1720 g/mol. The van der Waals surface area contributed by atoms with Gasteiger partial charge in [0.2, 0.25) is 0 Å². The summed E-state index contributed by atoms with van der Waals surface area (Å²) in [6.07, 6.45) is 12.1. The quantitative estimate of drug-likeness (QED) is 0.0503. The molecule has 0 aromatic heterocycles. The van der Waals surface area contributed by atoms with E-state index < -0.39 is 0 Å². The molecule has 0 amide bonds. The van der Waals surface area contributed by atoms with Gasteiger partial charge in [-0.1, -0.05) is 61.8 Å². The molecular formula is C68H102I4N12O4Zn. The zero-order valence-electron chi connectivity index (χ0n) is 54.8. The molecule has 9 fully saturated rings. The van der Waals surface area contributed by atoms with Gasteiger partial charge in [0.1, 0.15) is 70.2 Å². The van der Waals surface area contributed by atoms with Gasteiger partial charge in [0.25, 0.3) is 0 Å². The summed E-state index contributed by atoms with van der Waals surface area (Å²) in [5, 5.41) is 38.2. The summed E-state index contributed by atoms with van der Waals surface area (Å²) < 4.78 is 32.3. The van der Waals surface area contributed by atoms with Crippen molar-refractivity contribution in [2.45, 2.75) is 151 Å². The van der Waals surface area contributed by atoms with E-state index in [-0.39, 0.29) is 225 Å². The van der Waals surface area contributed by atoms with E-state index >= 15 is 0 Å². The standard InChI is InChI=1S/C68H102N12O4.4HI.Zn/c1-77(2,3)41-21-13-25-45(37-41)81-53-33-17-29-49-57(53)65-69-61(49)74-66-59-51(31-19-35-55(59)83-47-27-15-23-43(39-47)79(7,8)9)63(71-66)76-68-60-52(32-20-36-56(60)84-48-28-16-24-44(40-48)80(10,11)12)64(72-68)75-67-58-50(62(70-67)73-65)30-18-34-54(58)82-46-26-14-22-42(38-46)78(4,5)6;;;;;/h13-16,21-28,37-40,49-69,72-76H,17-20,29-36H2,1-12H3;4*1H;/q+2;;;;;+2/p-4. The number of ether oxygens (including phenoxy) is 4. The van der Waals surface area contributed by atoms with Crippen LogP contribution < -0.4 is 165 Å². The molecule has 5 heterocycles. The molecule has 8 bridgehead atoms. The average Bonchev–Trinajstić information content (AvgIpc) is 1.71. The Kier molecular flexibility index (Phi) is 24.8. The number of halogens is 4. The number of fused-ring (bicyclic) bond motifs is 20. The molecular weight excluding hydrogens is 1620 g/mol. The second kappa shape index (κ2) is 29.9. The fourth-order valence-electron chi connectivity index (χ4n) is 17.0.